The molecule has 1 saturated heterocycles. The molecule has 0 bridgehead atoms. The van der Waals surface area contributed by atoms with Crippen LogP contribution in [-0.4, -0.2) is 63.4 Å². The van der Waals surface area contributed by atoms with Gasteiger partial charge in [-0.1, -0.05) is 24.3 Å². The van der Waals surface area contributed by atoms with Crippen LogP contribution in [0, 0.1) is 0 Å². The normalized spacial score (nSPS) is 16.4. The van der Waals surface area contributed by atoms with Crippen molar-refractivity contribution in [2.75, 3.05) is 26.3 Å². The molecule has 1 N–H and O–H groups in total. The molecule has 1 aliphatic heterocycles. The van der Waals surface area contributed by atoms with Crippen molar-refractivity contribution >= 4 is 16.8 Å². The number of para-hydroxylation sites is 1. The number of amides is 1. The summed E-state index contributed by atoms with van der Waals surface area (Å²) in [4.78, 5) is 23.3. The third kappa shape index (κ3) is 4.10. The first kappa shape index (κ1) is 19.2. The zero-order chi connectivity index (χ0) is 21.0. The summed E-state index contributed by atoms with van der Waals surface area (Å²) in [7, 11) is 0. The van der Waals surface area contributed by atoms with Gasteiger partial charge in [-0.05, 0) is 35.9 Å². The molecular weight excluding hydrogens is 394 g/mol. The van der Waals surface area contributed by atoms with Crippen LogP contribution in [0.5, 0.6) is 5.88 Å². The SMILES string of the molecule is O=C(c1ccc(-c2ccn[nH]2)cc1)N1CCOC(COc2ncnc3ccccc23)C1. The van der Waals surface area contributed by atoms with Gasteiger partial charge >= 0.3 is 0 Å². The number of H-pyrrole nitrogens is 1. The number of carbonyl (C=O) groups excluding carboxylic acids is 1. The molecule has 1 unspecified atom stereocenters. The fourth-order valence-electron chi connectivity index (χ4n) is 3.66. The Morgan fingerprint density at radius 2 is 2.00 bits per heavy atom. The number of hydrogen-bond donors (Lipinski definition) is 1. The van der Waals surface area contributed by atoms with Crippen molar-refractivity contribution in [1.29, 1.82) is 0 Å². The summed E-state index contributed by atoms with van der Waals surface area (Å²) in [6.45, 7) is 1.79. The van der Waals surface area contributed by atoms with Crippen molar-refractivity contribution in [2.45, 2.75) is 6.10 Å². The van der Waals surface area contributed by atoms with E-state index in [1.165, 1.54) is 6.33 Å². The summed E-state index contributed by atoms with van der Waals surface area (Å²) in [5.41, 5.74) is 3.37. The standard InChI is InChI=1S/C23H21N5O3/c29-23(17-7-5-16(6-8-17)20-9-10-26-27-20)28-11-12-30-18(13-28)14-31-22-19-3-1-2-4-21(19)24-15-25-22/h1-10,15,18H,11-14H2,(H,26,27). The first-order chi connectivity index (χ1) is 15.3. The number of ether oxygens (including phenoxy) is 2. The molecule has 2 aromatic carbocycles. The molecule has 0 aliphatic carbocycles. The van der Waals surface area contributed by atoms with E-state index in [1.807, 2.05) is 54.6 Å². The smallest absolute Gasteiger partial charge is 0.254 e. The first-order valence-corrected chi connectivity index (χ1v) is 10.1. The molecular formula is C23H21N5O3. The minimum Gasteiger partial charge on any atom is -0.474 e. The van der Waals surface area contributed by atoms with Gasteiger partial charge in [0.1, 0.15) is 19.0 Å². The Labute approximate surface area is 178 Å². The Morgan fingerprint density at radius 3 is 2.84 bits per heavy atom. The molecule has 1 atom stereocenters. The maximum Gasteiger partial charge on any atom is 0.254 e. The van der Waals surface area contributed by atoms with Gasteiger partial charge in [0.2, 0.25) is 5.88 Å². The van der Waals surface area contributed by atoms with Crippen LogP contribution >= 0.6 is 0 Å². The Balaban J connectivity index is 1.23. The number of nitrogens with one attached hydrogen (secondary N) is 1. The van der Waals surface area contributed by atoms with Crippen molar-refractivity contribution in [3.05, 3.63) is 72.7 Å². The molecule has 8 nitrogen and oxygen atoms in total. The average Bonchev–Trinajstić information content (AvgIpc) is 3.38. The molecule has 1 amide bonds. The van der Waals surface area contributed by atoms with Crippen molar-refractivity contribution in [3.63, 3.8) is 0 Å². The van der Waals surface area contributed by atoms with E-state index in [0.29, 0.717) is 37.7 Å². The van der Waals surface area contributed by atoms with Gasteiger partial charge in [0, 0.05) is 18.3 Å². The van der Waals surface area contributed by atoms with Gasteiger partial charge in [-0.25, -0.2) is 9.97 Å². The van der Waals surface area contributed by atoms with Crippen LogP contribution in [0.1, 0.15) is 10.4 Å². The molecule has 5 rings (SSSR count). The Bertz CT molecular complexity index is 1170. The minimum absolute atomic E-state index is 0.0167. The van der Waals surface area contributed by atoms with E-state index < -0.39 is 0 Å². The Hall–Kier alpha value is -3.78. The molecule has 156 valence electrons. The lowest BCUT2D eigenvalue weighted by molar-refractivity contribution is -0.0405. The zero-order valence-corrected chi connectivity index (χ0v) is 16.8. The second-order valence-electron chi connectivity index (χ2n) is 7.30. The highest BCUT2D eigenvalue weighted by molar-refractivity contribution is 5.94. The predicted molar refractivity (Wildman–Crippen MR) is 115 cm³/mol. The molecule has 1 fully saturated rings. The second-order valence-corrected chi connectivity index (χ2v) is 7.30. The number of benzene rings is 2. The van der Waals surface area contributed by atoms with E-state index in [1.54, 1.807) is 11.1 Å². The van der Waals surface area contributed by atoms with Gasteiger partial charge in [-0.2, -0.15) is 5.10 Å². The van der Waals surface area contributed by atoms with Crippen LogP contribution in [0.3, 0.4) is 0 Å². The summed E-state index contributed by atoms with van der Waals surface area (Å²) in [6, 6.07) is 17.1. The number of rotatable bonds is 5. The van der Waals surface area contributed by atoms with E-state index >= 15 is 0 Å². The van der Waals surface area contributed by atoms with Crippen LogP contribution in [0.25, 0.3) is 22.2 Å². The van der Waals surface area contributed by atoms with Gasteiger partial charge in [-0.3, -0.25) is 9.89 Å². The van der Waals surface area contributed by atoms with Crippen molar-refractivity contribution < 1.29 is 14.3 Å². The predicted octanol–water partition coefficient (Wildman–Crippen LogP) is 2.94. The summed E-state index contributed by atoms with van der Waals surface area (Å²) in [6.07, 6.45) is 2.97. The number of carbonyl (C=O) groups is 1. The van der Waals surface area contributed by atoms with Crippen molar-refractivity contribution in [2.24, 2.45) is 0 Å². The minimum atomic E-state index is -0.226. The highest BCUT2D eigenvalue weighted by atomic mass is 16.5. The lowest BCUT2D eigenvalue weighted by Gasteiger charge is -2.32. The maximum absolute atomic E-state index is 13.0. The lowest BCUT2D eigenvalue weighted by Crippen LogP contribution is -2.47. The van der Waals surface area contributed by atoms with Gasteiger partial charge in [0.25, 0.3) is 5.91 Å². The number of fused-ring (bicyclic) bond motifs is 1. The van der Waals surface area contributed by atoms with E-state index in [-0.39, 0.29) is 12.0 Å². The molecule has 0 saturated carbocycles. The number of aromatic nitrogens is 4. The van der Waals surface area contributed by atoms with E-state index in [4.69, 9.17) is 9.47 Å². The molecule has 4 aromatic rings. The topological polar surface area (TPSA) is 93.2 Å². The third-order valence-electron chi connectivity index (χ3n) is 5.28. The summed E-state index contributed by atoms with van der Waals surface area (Å²) < 4.78 is 11.7. The van der Waals surface area contributed by atoms with Gasteiger partial charge in [0.15, 0.2) is 0 Å². The van der Waals surface area contributed by atoms with Crippen LogP contribution in [0.15, 0.2) is 67.1 Å². The van der Waals surface area contributed by atoms with Crippen LogP contribution in [-0.2, 0) is 4.74 Å². The molecule has 1 aliphatic rings. The maximum atomic E-state index is 13.0. The van der Waals surface area contributed by atoms with Crippen LogP contribution in [0.2, 0.25) is 0 Å². The number of hydrogen-bond acceptors (Lipinski definition) is 6. The number of morpholine rings is 1. The van der Waals surface area contributed by atoms with Crippen LogP contribution in [0.4, 0.5) is 0 Å². The Kier molecular flexibility index (Phi) is 5.28. The van der Waals surface area contributed by atoms with Gasteiger partial charge in [0.05, 0.1) is 29.7 Å². The first-order valence-electron chi connectivity index (χ1n) is 10.1. The highest BCUT2D eigenvalue weighted by Gasteiger charge is 2.26. The fourth-order valence-corrected chi connectivity index (χ4v) is 3.66. The zero-order valence-electron chi connectivity index (χ0n) is 16.8. The van der Waals surface area contributed by atoms with Crippen molar-refractivity contribution in [1.82, 2.24) is 25.1 Å². The van der Waals surface area contributed by atoms with Crippen LogP contribution < -0.4 is 4.74 Å². The second kappa shape index (κ2) is 8.53. The molecule has 2 aromatic heterocycles. The monoisotopic (exact) mass is 415 g/mol. The quantitative estimate of drug-likeness (QED) is 0.539. The average molecular weight is 415 g/mol. The fraction of sp³-hybridized carbons (Fsp3) is 0.217. The summed E-state index contributed by atoms with van der Waals surface area (Å²) in [5, 5.41) is 7.74. The number of nitrogens with zero attached hydrogens (tertiary/aromatic N) is 4. The lowest BCUT2D eigenvalue weighted by atomic mass is 10.1. The van der Waals surface area contributed by atoms with E-state index in [0.717, 1.165) is 22.2 Å². The van der Waals surface area contributed by atoms with E-state index in [2.05, 4.69) is 20.2 Å². The highest BCUT2D eigenvalue weighted by Crippen LogP contribution is 2.22. The van der Waals surface area contributed by atoms with Crippen molar-refractivity contribution in [3.8, 4) is 17.1 Å². The molecule has 31 heavy (non-hydrogen) atoms. The van der Waals surface area contributed by atoms with E-state index in [9.17, 15) is 4.79 Å². The largest absolute Gasteiger partial charge is 0.474 e. The summed E-state index contributed by atoms with van der Waals surface area (Å²) >= 11 is 0. The molecule has 0 spiro atoms. The molecule has 8 heteroatoms. The van der Waals surface area contributed by atoms with Gasteiger partial charge in [-0.15, -0.1) is 0 Å². The third-order valence-corrected chi connectivity index (χ3v) is 5.28. The summed E-state index contributed by atoms with van der Waals surface area (Å²) in [5.74, 6) is 0.504. The number of aromatic amines is 1. The molecule has 3 heterocycles. The van der Waals surface area contributed by atoms with Gasteiger partial charge < -0.3 is 14.4 Å². The molecule has 0 radical (unpaired) electrons. The Morgan fingerprint density at radius 1 is 1.13 bits per heavy atom.